The molecule has 0 bridgehead atoms. The molecule has 0 amide bonds. The molecule has 0 aliphatic rings. The van der Waals surface area contributed by atoms with E-state index >= 15 is 0 Å². The summed E-state index contributed by atoms with van der Waals surface area (Å²) in [5.41, 5.74) is 1.02. The number of hydrogen-bond donors (Lipinski definition) is 0. The summed E-state index contributed by atoms with van der Waals surface area (Å²) in [4.78, 5) is 1.13. The molecule has 0 atom stereocenters. The van der Waals surface area contributed by atoms with Gasteiger partial charge in [-0.25, -0.2) is 0 Å². The summed E-state index contributed by atoms with van der Waals surface area (Å²) in [5.74, 6) is 0. The van der Waals surface area contributed by atoms with E-state index in [9.17, 15) is 0 Å². The van der Waals surface area contributed by atoms with Crippen molar-refractivity contribution in [2.24, 2.45) is 5.10 Å². The lowest BCUT2D eigenvalue weighted by molar-refractivity contribution is 0.375. The molecule has 2 nitrogen and oxygen atoms in total. The van der Waals surface area contributed by atoms with Gasteiger partial charge in [0.1, 0.15) is 0 Å². The van der Waals surface area contributed by atoms with Gasteiger partial charge in [0, 0.05) is 13.6 Å². The van der Waals surface area contributed by atoms with E-state index in [1.807, 2.05) is 31.1 Å². The van der Waals surface area contributed by atoms with Gasteiger partial charge < -0.3 is 5.01 Å². The molecule has 0 aliphatic heterocycles. The SMILES string of the molecule is CCN(C)/N=C(/C)c1ccc(Cl)s1. The summed E-state index contributed by atoms with van der Waals surface area (Å²) in [6.45, 7) is 4.98. The van der Waals surface area contributed by atoms with Crippen LogP contribution in [0, 0.1) is 0 Å². The van der Waals surface area contributed by atoms with Crippen molar-refractivity contribution >= 4 is 28.6 Å². The second-order valence-electron chi connectivity index (χ2n) is 2.76. The molecule has 1 rings (SSSR count). The Morgan fingerprint density at radius 2 is 2.31 bits per heavy atom. The number of hydrazone groups is 1. The molecule has 0 radical (unpaired) electrons. The number of halogens is 1. The predicted molar refractivity (Wildman–Crippen MR) is 59.8 cm³/mol. The highest BCUT2D eigenvalue weighted by Gasteiger charge is 2.01. The van der Waals surface area contributed by atoms with Crippen LogP contribution in [0.15, 0.2) is 17.2 Å². The van der Waals surface area contributed by atoms with E-state index in [1.165, 1.54) is 0 Å². The number of nitrogens with zero attached hydrogens (tertiary/aromatic N) is 2. The predicted octanol–water partition coefficient (Wildman–Crippen LogP) is 3.08. The fourth-order valence-electron chi connectivity index (χ4n) is 0.885. The average Bonchev–Trinajstić information content (AvgIpc) is 2.51. The van der Waals surface area contributed by atoms with Crippen LogP contribution in [0.4, 0.5) is 0 Å². The molecule has 1 aromatic rings. The van der Waals surface area contributed by atoms with Gasteiger partial charge in [0.15, 0.2) is 0 Å². The van der Waals surface area contributed by atoms with Crippen molar-refractivity contribution in [2.45, 2.75) is 13.8 Å². The third kappa shape index (κ3) is 3.01. The zero-order valence-electron chi connectivity index (χ0n) is 8.04. The van der Waals surface area contributed by atoms with E-state index in [2.05, 4.69) is 12.0 Å². The monoisotopic (exact) mass is 216 g/mol. The molecule has 13 heavy (non-hydrogen) atoms. The molecule has 0 spiro atoms. The van der Waals surface area contributed by atoms with Crippen LogP contribution in [0.25, 0.3) is 0 Å². The summed E-state index contributed by atoms with van der Waals surface area (Å²) in [5, 5.41) is 6.29. The molecule has 0 aromatic carbocycles. The molecule has 0 saturated heterocycles. The van der Waals surface area contributed by atoms with Crippen molar-refractivity contribution in [2.75, 3.05) is 13.6 Å². The second-order valence-corrected chi connectivity index (χ2v) is 4.48. The fourth-order valence-corrected chi connectivity index (χ4v) is 1.87. The van der Waals surface area contributed by atoms with Crippen molar-refractivity contribution < 1.29 is 0 Å². The summed E-state index contributed by atoms with van der Waals surface area (Å²) < 4.78 is 0.809. The third-order valence-electron chi connectivity index (χ3n) is 1.71. The molecule has 0 N–H and O–H groups in total. The van der Waals surface area contributed by atoms with Crippen molar-refractivity contribution in [3.63, 3.8) is 0 Å². The lowest BCUT2D eigenvalue weighted by Crippen LogP contribution is -2.12. The topological polar surface area (TPSA) is 15.6 Å². The normalized spacial score (nSPS) is 11.8. The Bertz CT molecular complexity index is 306. The van der Waals surface area contributed by atoms with E-state index < -0.39 is 0 Å². The highest BCUT2D eigenvalue weighted by molar-refractivity contribution is 7.18. The molecule has 0 fully saturated rings. The molecule has 1 heterocycles. The first-order valence-corrected chi connectivity index (χ1v) is 5.35. The fraction of sp³-hybridized carbons (Fsp3) is 0.444. The van der Waals surface area contributed by atoms with Crippen LogP contribution in [-0.4, -0.2) is 24.3 Å². The maximum absolute atomic E-state index is 5.82. The van der Waals surface area contributed by atoms with E-state index in [0.29, 0.717) is 0 Å². The first kappa shape index (κ1) is 10.5. The first-order valence-electron chi connectivity index (χ1n) is 4.15. The van der Waals surface area contributed by atoms with Crippen molar-refractivity contribution in [3.8, 4) is 0 Å². The van der Waals surface area contributed by atoms with Crippen LogP contribution < -0.4 is 0 Å². The quantitative estimate of drug-likeness (QED) is 0.560. The average molecular weight is 217 g/mol. The Balaban J connectivity index is 2.78. The van der Waals surface area contributed by atoms with Gasteiger partial charge in [0.05, 0.1) is 14.9 Å². The summed E-state index contributed by atoms with van der Waals surface area (Å²) in [7, 11) is 1.96. The van der Waals surface area contributed by atoms with Crippen LogP contribution in [-0.2, 0) is 0 Å². The maximum Gasteiger partial charge on any atom is 0.0935 e. The van der Waals surface area contributed by atoms with Gasteiger partial charge in [-0.15, -0.1) is 11.3 Å². The van der Waals surface area contributed by atoms with Gasteiger partial charge in [-0.3, -0.25) is 0 Å². The van der Waals surface area contributed by atoms with Crippen LogP contribution >= 0.6 is 22.9 Å². The minimum Gasteiger partial charge on any atom is -0.300 e. The van der Waals surface area contributed by atoms with Crippen molar-refractivity contribution in [1.82, 2.24) is 5.01 Å². The smallest absolute Gasteiger partial charge is 0.0935 e. The van der Waals surface area contributed by atoms with Gasteiger partial charge in [-0.05, 0) is 26.0 Å². The molecule has 72 valence electrons. The zero-order valence-corrected chi connectivity index (χ0v) is 9.61. The van der Waals surface area contributed by atoms with Crippen LogP contribution in [0.3, 0.4) is 0 Å². The summed E-state index contributed by atoms with van der Waals surface area (Å²) in [6, 6.07) is 3.89. The molecular weight excluding hydrogens is 204 g/mol. The minimum atomic E-state index is 0.809. The zero-order chi connectivity index (χ0) is 9.84. The van der Waals surface area contributed by atoms with Gasteiger partial charge in [0.2, 0.25) is 0 Å². The highest BCUT2D eigenvalue weighted by Crippen LogP contribution is 2.21. The Labute approximate surface area is 87.8 Å². The van der Waals surface area contributed by atoms with Gasteiger partial charge in [-0.2, -0.15) is 5.10 Å². The third-order valence-corrected chi connectivity index (χ3v) is 3.05. The van der Waals surface area contributed by atoms with E-state index in [-0.39, 0.29) is 0 Å². The highest BCUT2D eigenvalue weighted by atomic mass is 35.5. The number of rotatable bonds is 3. The molecule has 4 heteroatoms. The van der Waals surface area contributed by atoms with Crippen LogP contribution in [0.1, 0.15) is 18.7 Å². The Kier molecular flexibility index (Phi) is 3.75. The molecule has 0 unspecified atom stereocenters. The van der Waals surface area contributed by atoms with E-state index in [0.717, 1.165) is 21.5 Å². The van der Waals surface area contributed by atoms with Crippen LogP contribution in [0.2, 0.25) is 4.34 Å². The molecular formula is C9H13ClN2S. The Morgan fingerprint density at radius 3 is 2.77 bits per heavy atom. The maximum atomic E-state index is 5.82. The molecule has 1 aromatic heterocycles. The van der Waals surface area contributed by atoms with Crippen molar-refractivity contribution in [3.05, 3.63) is 21.3 Å². The largest absolute Gasteiger partial charge is 0.300 e. The lowest BCUT2D eigenvalue weighted by atomic mass is 10.3. The Morgan fingerprint density at radius 1 is 1.62 bits per heavy atom. The van der Waals surface area contributed by atoms with Gasteiger partial charge in [0.25, 0.3) is 0 Å². The van der Waals surface area contributed by atoms with Crippen molar-refractivity contribution in [1.29, 1.82) is 0 Å². The first-order chi connectivity index (χ1) is 6.13. The summed E-state index contributed by atoms with van der Waals surface area (Å²) >= 11 is 7.38. The molecule has 0 aliphatic carbocycles. The summed E-state index contributed by atoms with van der Waals surface area (Å²) in [6.07, 6.45) is 0. The van der Waals surface area contributed by atoms with Gasteiger partial charge in [-0.1, -0.05) is 11.6 Å². The Hall–Kier alpha value is -0.540. The second kappa shape index (κ2) is 4.63. The van der Waals surface area contributed by atoms with E-state index in [4.69, 9.17) is 11.6 Å². The lowest BCUT2D eigenvalue weighted by Gasteiger charge is -2.09. The standard InChI is InChI=1S/C9H13ClN2S/c1-4-12(3)11-7(2)8-5-6-9(10)13-8/h5-6H,4H2,1-3H3/b11-7-. The minimum absolute atomic E-state index is 0.809. The van der Waals surface area contributed by atoms with Crippen LogP contribution in [0.5, 0.6) is 0 Å². The number of hydrogen-bond acceptors (Lipinski definition) is 3. The molecule has 0 saturated carbocycles. The van der Waals surface area contributed by atoms with Gasteiger partial charge >= 0.3 is 0 Å². The number of thiophene rings is 1. The van der Waals surface area contributed by atoms with E-state index in [1.54, 1.807) is 11.3 Å².